The molecule has 1 fully saturated rings. The van der Waals surface area contributed by atoms with Crippen LogP contribution >= 0.6 is 0 Å². The summed E-state index contributed by atoms with van der Waals surface area (Å²) in [5, 5.41) is 9.61. The molecule has 1 saturated heterocycles. The molecule has 0 aromatic heterocycles. The lowest BCUT2D eigenvalue weighted by molar-refractivity contribution is 0.0829. The highest BCUT2D eigenvalue weighted by atomic mass is 32.2. The summed E-state index contributed by atoms with van der Waals surface area (Å²) in [6.07, 6.45) is 3.50. The molecule has 108 valence electrons. The number of rotatable bonds is 6. The van der Waals surface area contributed by atoms with Gasteiger partial charge in [-0.2, -0.15) is 4.31 Å². The van der Waals surface area contributed by atoms with Gasteiger partial charge in [-0.3, -0.25) is 0 Å². The summed E-state index contributed by atoms with van der Waals surface area (Å²) in [7, 11) is -3.09. The number of β-amino-alcohol motifs (C(OH)–C–C–N with tert-alkyl or cyclic N) is 1. The Morgan fingerprint density at radius 1 is 1.33 bits per heavy atom. The van der Waals surface area contributed by atoms with Crippen molar-refractivity contribution in [3.05, 3.63) is 0 Å². The molecule has 1 heterocycles. The Hall–Kier alpha value is -0.170. The number of hydrogen-bond donors (Lipinski definition) is 1. The Balaban J connectivity index is 2.48. The number of likely N-dealkylation sites (tertiary alicyclic amines) is 1. The highest BCUT2D eigenvalue weighted by molar-refractivity contribution is 7.88. The predicted molar refractivity (Wildman–Crippen MR) is 73.0 cm³/mol. The molecule has 1 N–H and O–H groups in total. The maximum atomic E-state index is 11.6. The van der Waals surface area contributed by atoms with Gasteiger partial charge in [0.2, 0.25) is 10.0 Å². The van der Waals surface area contributed by atoms with E-state index in [1.807, 2.05) is 13.8 Å². The van der Waals surface area contributed by atoms with E-state index in [-0.39, 0.29) is 12.1 Å². The third-order valence-corrected chi connectivity index (χ3v) is 5.05. The van der Waals surface area contributed by atoms with Crippen LogP contribution in [0.5, 0.6) is 0 Å². The van der Waals surface area contributed by atoms with Crippen molar-refractivity contribution in [1.82, 2.24) is 9.21 Å². The fraction of sp³-hybridized carbons (Fsp3) is 1.00. The van der Waals surface area contributed by atoms with Crippen molar-refractivity contribution in [1.29, 1.82) is 0 Å². The van der Waals surface area contributed by atoms with Gasteiger partial charge in [0.25, 0.3) is 0 Å². The fourth-order valence-electron chi connectivity index (χ4n) is 2.58. The van der Waals surface area contributed by atoms with Gasteiger partial charge in [0, 0.05) is 19.1 Å². The van der Waals surface area contributed by atoms with Crippen LogP contribution in [0.4, 0.5) is 0 Å². The normalized spacial score (nSPS) is 21.4. The summed E-state index contributed by atoms with van der Waals surface area (Å²) in [6, 6.07) is 0.125. The van der Waals surface area contributed by atoms with E-state index in [4.69, 9.17) is 0 Å². The number of nitrogens with zero attached hydrogens (tertiary/aromatic N) is 2. The largest absolute Gasteiger partial charge is 0.392 e. The van der Waals surface area contributed by atoms with Crippen molar-refractivity contribution in [3.8, 4) is 0 Å². The predicted octanol–water partition coefficient (Wildman–Crippen LogP) is 0.503. The van der Waals surface area contributed by atoms with Crippen molar-refractivity contribution in [2.75, 3.05) is 32.4 Å². The molecule has 6 heteroatoms. The second-order valence-corrected chi connectivity index (χ2v) is 7.00. The molecule has 0 amide bonds. The van der Waals surface area contributed by atoms with E-state index in [9.17, 15) is 13.5 Å². The van der Waals surface area contributed by atoms with E-state index in [0.29, 0.717) is 13.1 Å². The zero-order valence-electron chi connectivity index (χ0n) is 11.7. The van der Waals surface area contributed by atoms with Gasteiger partial charge in [0.1, 0.15) is 0 Å². The Morgan fingerprint density at radius 2 is 1.89 bits per heavy atom. The summed E-state index contributed by atoms with van der Waals surface area (Å²) in [5.41, 5.74) is 0. The van der Waals surface area contributed by atoms with Gasteiger partial charge >= 0.3 is 0 Å². The lowest BCUT2D eigenvalue weighted by Gasteiger charge is -2.37. The zero-order chi connectivity index (χ0) is 13.8. The van der Waals surface area contributed by atoms with Crippen molar-refractivity contribution in [2.24, 2.45) is 0 Å². The molecular formula is C12H26N2O3S. The third kappa shape index (κ3) is 4.50. The number of aliphatic hydroxyl groups is 1. The molecule has 1 rings (SSSR count). The average Bonchev–Trinajstić information content (AvgIpc) is 2.30. The van der Waals surface area contributed by atoms with Crippen molar-refractivity contribution in [2.45, 2.75) is 45.3 Å². The Morgan fingerprint density at radius 3 is 2.28 bits per heavy atom. The van der Waals surface area contributed by atoms with Gasteiger partial charge in [-0.25, -0.2) is 8.42 Å². The van der Waals surface area contributed by atoms with E-state index >= 15 is 0 Å². The lowest BCUT2D eigenvalue weighted by Crippen LogP contribution is -2.48. The van der Waals surface area contributed by atoms with Crippen LogP contribution in [0.3, 0.4) is 0 Å². The minimum atomic E-state index is -3.09. The minimum absolute atomic E-state index is 0.125. The van der Waals surface area contributed by atoms with Crippen molar-refractivity contribution < 1.29 is 13.5 Å². The average molecular weight is 278 g/mol. The standard InChI is InChI=1S/C12H26N2O3S/c1-4-12(15)10-13-8-6-11(7-9-13)14(5-2)18(3,16)17/h11-12,15H,4-10H2,1-3H3. The summed E-state index contributed by atoms with van der Waals surface area (Å²) >= 11 is 0. The van der Waals surface area contributed by atoms with Crippen LogP contribution in [0.1, 0.15) is 33.1 Å². The highest BCUT2D eigenvalue weighted by Gasteiger charge is 2.29. The Bertz CT molecular complexity index is 337. The lowest BCUT2D eigenvalue weighted by atomic mass is 10.0. The topological polar surface area (TPSA) is 60.9 Å². The molecule has 0 spiro atoms. The second kappa shape index (κ2) is 6.84. The maximum absolute atomic E-state index is 11.6. The molecule has 0 aliphatic carbocycles. The molecule has 0 aromatic carbocycles. The number of piperidine rings is 1. The number of aliphatic hydroxyl groups excluding tert-OH is 1. The second-order valence-electron chi connectivity index (χ2n) is 5.06. The number of sulfonamides is 1. The monoisotopic (exact) mass is 278 g/mol. The van der Waals surface area contributed by atoms with Crippen LogP contribution in [-0.4, -0.2) is 67.3 Å². The van der Waals surface area contributed by atoms with Crippen LogP contribution in [0, 0.1) is 0 Å². The van der Waals surface area contributed by atoms with E-state index in [2.05, 4.69) is 4.90 Å². The van der Waals surface area contributed by atoms with Crippen LogP contribution in [0.2, 0.25) is 0 Å². The van der Waals surface area contributed by atoms with Gasteiger partial charge in [0.05, 0.1) is 12.4 Å². The summed E-state index contributed by atoms with van der Waals surface area (Å²) < 4.78 is 24.9. The van der Waals surface area contributed by atoms with Crippen LogP contribution in [0.15, 0.2) is 0 Å². The fourth-order valence-corrected chi connectivity index (χ4v) is 3.80. The SMILES string of the molecule is CCC(O)CN1CCC(N(CC)S(C)(=O)=O)CC1. The first kappa shape index (κ1) is 15.9. The molecule has 0 saturated carbocycles. The molecule has 1 atom stereocenters. The Kier molecular flexibility index (Phi) is 6.04. The first-order valence-electron chi connectivity index (χ1n) is 6.75. The van der Waals surface area contributed by atoms with E-state index in [0.717, 1.165) is 32.4 Å². The summed E-state index contributed by atoms with van der Waals surface area (Å²) in [6.45, 7) is 6.84. The molecule has 5 nitrogen and oxygen atoms in total. The van der Waals surface area contributed by atoms with Gasteiger partial charge < -0.3 is 10.0 Å². The molecule has 0 radical (unpaired) electrons. The van der Waals surface area contributed by atoms with Crippen molar-refractivity contribution >= 4 is 10.0 Å². The number of hydrogen-bond acceptors (Lipinski definition) is 4. The molecular weight excluding hydrogens is 252 g/mol. The Labute approximate surface area is 111 Å². The summed E-state index contributed by atoms with van der Waals surface area (Å²) in [4.78, 5) is 2.22. The third-order valence-electron chi connectivity index (χ3n) is 3.64. The van der Waals surface area contributed by atoms with Gasteiger partial charge in [0.15, 0.2) is 0 Å². The van der Waals surface area contributed by atoms with E-state index < -0.39 is 10.0 Å². The van der Waals surface area contributed by atoms with Crippen LogP contribution in [0.25, 0.3) is 0 Å². The molecule has 18 heavy (non-hydrogen) atoms. The molecule has 1 unspecified atom stereocenters. The molecule has 1 aliphatic heterocycles. The molecule has 1 aliphatic rings. The summed E-state index contributed by atoms with van der Waals surface area (Å²) in [5.74, 6) is 0. The van der Waals surface area contributed by atoms with Gasteiger partial charge in [-0.1, -0.05) is 13.8 Å². The van der Waals surface area contributed by atoms with Crippen LogP contribution < -0.4 is 0 Å². The first-order valence-corrected chi connectivity index (χ1v) is 8.60. The van der Waals surface area contributed by atoms with E-state index in [1.165, 1.54) is 6.26 Å². The quantitative estimate of drug-likeness (QED) is 0.769. The molecule has 0 aromatic rings. The van der Waals surface area contributed by atoms with Gasteiger partial charge in [-0.05, 0) is 32.4 Å². The first-order chi connectivity index (χ1) is 8.38. The highest BCUT2D eigenvalue weighted by Crippen LogP contribution is 2.19. The van der Waals surface area contributed by atoms with E-state index in [1.54, 1.807) is 4.31 Å². The smallest absolute Gasteiger partial charge is 0.211 e. The maximum Gasteiger partial charge on any atom is 0.211 e. The minimum Gasteiger partial charge on any atom is -0.392 e. The molecule has 0 bridgehead atoms. The van der Waals surface area contributed by atoms with Crippen molar-refractivity contribution in [3.63, 3.8) is 0 Å². The zero-order valence-corrected chi connectivity index (χ0v) is 12.5. The van der Waals surface area contributed by atoms with Gasteiger partial charge in [-0.15, -0.1) is 0 Å². The van der Waals surface area contributed by atoms with Crippen LogP contribution in [-0.2, 0) is 10.0 Å².